The average Bonchev–Trinajstić information content (AvgIpc) is 1.97. The maximum atomic E-state index is 12.4. The molecule has 0 bridgehead atoms. The van der Waals surface area contributed by atoms with E-state index in [1.165, 1.54) is 0 Å². The van der Waals surface area contributed by atoms with Crippen molar-refractivity contribution in [3.63, 3.8) is 0 Å². The highest BCUT2D eigenvalue weighted by Gasteiger charge is 2.11. The molecule has 72 valence electrons. The number of hydrogen-bond donors (Lipinski definition) is 0. The second kappa shape index (κ2) is 6.15. The minimum atomic E-state index is -0.286. The summed E-state index contributed by atoms with van der Waals surface area (Å²) >= 11 is 0. The van der Waals surface area contributed by atoms with Gasteiger partial charge in [-0.25, -0.2) is 0 Å². The molecule has 0 saturated carbocycles. The molecule has 0 aliphatic heterocycles. The van der Waals surface area contributed by atoms with Crippen LogP contribution in [0.1, 0.15) is 40.0 Å². The van der Waals surface area contributed by atoms with E-state index < -0.39 is 0 Å². The van der Waals surface area contributed by atoms with E-state index in [0.717, 1.165) is 6.42 Å². The Morgan fingerprint density at radius 2 is 2.00 bits per heavy atom. The maximum absolute atomic E-state index is 12.4. The third-order valence-corrected chi connectivity index (χ3v) is 1.93. The van der Waals surface area contributed by atoms with Crippen LogP contribution in [-0.2, 0) is 4.79 Å². The summed E-state index contributed by atoms with van der Waals surface area (Å²) in [7, 11) is 0. The zero-order chi connectivity index (χ0) is 9.56. The van der Waals surface area contributed by atoms with Gasteiger partial charge >= 0.3 is 0 Å². The lowest BCUT2D eigenvalue weighted by atomic mass is 9.93. The smallest absolute Gasteiger partial charge is 0.129 e. The van der Waals surface area contributed by atoms with Gasteiger partial charge in [-0.05, 0) is 31.6 Å². The first kappa shape index (κ1) is 11.6. The number of carbonyl (C=O) groups is 1. The van der Waals surface area contributed by atoms with Gasteiger partial charge < -0.3 is 4.79 Å². The molecule has 0 saturated heterocycles. The van der Waals surface area contributed by atoms with E-state index in [-0.39, 0.29) is 18.4 Å². The van der Waals surface area contributed by atoms with Crippen molar-refractivity contribution < 1.29 is 9.18 Å². The lowest BCUT2D eigenvalue weighted by Gasteiger charge is -2.14. The van der Waals surface area contributed by atoms with Gasteiger partial charge in [-0.15, -0.1) is 0 Å². The van der Waals surface area contributed by atoms with Crippen molar-refractivity contribution in [1.82, 2.24) is 0 Å². The molecule has 1 atom stereocenters. The summed E-state index contributed by atoms with van der Waals surface area (Å²) < 4.78 is 12.4. The fourth-order valence-corrected chi connectivity index (χ4v) is 1.33. The van der Waals surface area contributed by atoms with Gasteiger partial charge in [-0.2, -0.15) is 0 Å². The number of ketones is 1. The van der Waals surface area contributed by atoms with Crippen molar-refractivity contribution in [3.05, 3.63) is 0 Å². The third kappa shape index (κ3) is 6.32. The summed E-state index contributed by atoms with van der Waals surface area (Å²) in [5, 5.41) is 0. The molecule has 0 fully saturated rings. The Kier molecular flexibility index (Phi) is 5.95. The molecule has 0 amide bonds. The van der Waals surface area contributed by atoms with Crippen molar-refractivity contribution in [1.29, 1.82) is 0 Å². The van der Waals surface area contributed by atoms with Gasteiger partial charge in [0.2, 0.25) is 0 Å². The van der Waals surface area contributed by atoms with Crippen LogP contribution in [0.25, 0.3) is 0 Å². The predicted molar refractivity (Wildman–Crippen MR) is 48.8 cm³/mol. The van der Waals surface area contributed by atoms with E-state index in [1.54, 1.807) is 6.92 Å². The molecule has 0 aromatic rings. The van der Waals surface area contributed by atoms with E-state index in [4.69, 9.17) is 0 Å². The Hall–Kier alpha value is -0.400. The van der Waals surface area contributed by atoms with Crippen molar-refractivity contribution in [2.75, 3.05) is 6.67 Å². The Bertz CT molecular complexity index is 132. The summed E-state index contributed by atoms with van der Waals surface area (Å²) in [6.07, 6.45) is 2.13. The molecule has 0 aliphatic carbocycles. The average molecular weight is 174 g/mol. The molecule has 0 N–H and O–H groups in total. The van der Waals surface area contributed by atoms with Crippen molar-refractivity contribution in [2.45, 2.75) is 40.0 Å². The van der Waals surface area contributed by atoms with Crippen LogP contribution in [0.15, 0.2) is 0 Å². The quantitative estimate of drug-likeness (QED) is 0.605. The Morgan fingerprint density at radius 3 is 2.33 bits per heavy atom. The lowest BCUT2D eigenvalue weighted by molar-refractivity contribution is -0.117. The highest BCUT2D eigenvalue weighted by Crippen LogP contribution is 2.17. The second-order valence-electron chi connectivity index (χ2n) is 3.89. The van der Waals surface area contributed by atoms with E-state index in [0.29, 0.717) is 18.8 Å². The topological polar surface area (TPSA) is 17.1 Å². The Labute approximate surface area is 74.4 Å². The van der Waals surface area contributed by atoms with Crippen molar-refractivity contribution in [3.8, 4) is 0 Å². The molecule has 1 nitrogen and oxygen atoms in total. The summed E-state index contributed by atoms with van der Waals surface area (Å²) in [6, 6.07) is 0. The number of hydrogen-bond acceptors (Lipinski definition) is 1. The SMILES string of the molecule is CC(=O)CCC(CF)CC(C)C. The standard InChI is InChI=1S/C10H19FO/c1-8(2)6-10(7-11)5-4-9(3)12/h8,10H,4-7H2,1-3H3. The fraction of sp³-hybridized carbons (Fsp3) is 0.900. The minimum Gasteiger partial charge on any atom is -0.300 e. The first-order valence-corrected chi connectivity index (χ1v) is 4.61. The van der Waals surface area contributed by atoms with Gasteiger partial charge in [0.05, 0.1) is 6.67 Å². The van der Waals surface area contributed by atoms with Crippen LogP contribution in [0.5, 0.6) is 0 Å². The van der Waals surface area contributed by atoms with E-state index in [9.17, 15) is 9.18 Å². The number of alkyl halides is 1. The Morgan fingerprint density at radius 1 is 1.42 bits per heavy atom. The molecule has 1 unspecified atom stereocenters. The van der Waals surface area contributed by atoms with Gasteiger partial charge in [-0.3, -0.25) is 4.39 Å². The van der Waals surface area contributed by atoms with Crippen molar-refractivity contribution in [2.24, 2.45) is 11.8 Å². The molecule has 0 heterocycles. The number of rotatable bonds is 6. The predicted octanol–water partition coefficient (Wildman–Crippen LogP) is 2.99. The normalized spacial score (nSPS) is 13.4. The maximum Gasteiger partial charge on any atom is 0.129 e. The van der Waals surface area contributed by atoms with Crippen LogP contribution >= 0.6 is 0 Å². The molecule has 0 rings (SSSR count). The molecular formula is C10H19FO. The molecule has 0 aromatic heterocycles. The molecule has 0 spiro atoms. The first-order valence-electron chi connectivity index (χ1n) is 4.61. The largest absolute Gasteiger partial charge is 0.300 e. The van der Waals surface area contributed by atoms with E-state index >= 15 is 0 Å². The van der Waals surface area contributed by atoms with Crippen LogP contribution in [0.4, 0.5) is 4.39 Å². The van der Waals surface area contributed by atoms with E-state index in [1.807, 2.05) is 0 Å². The Balaban J connectivity index is 3.60. The van der Waals surface area contributed by atoms with Gasteiger partial charge in [0, 0.05) is 6.42 Å². The van der Waals surface area contributed by atoms with Crippen LogP contribution in [-0.4, -0.2) is 12.5 Å². The summed E-state index contributed by atoms with van der Waals surface area (Å²) in [6.45, 7) is 5.43. The highest BCUT2D eigenvalue weighted by atomic mass is 19.1. The van der Waals surface area contributed by atoms with Crippen LogP contribution < -0.4 is 0 Å². The fourth-order valence-electron chi connectivity index (χ4n) is 1.33. The van der Waals surface area contributed by atoms with Crippen LogP contribution in [0.2, 0.25) is 0 Å². The molecule has 0 aromatic carbocycles. The number of Topliss-reactive ketones (excluding diaryl/α,β-unsaturated/α-hetero) is 1. The van der Waals surface area contributed by atoms with Gasteiger partial charge in [0.15, 0.2) is 0 Å². The van der Waals surface area contributed by atoms with Crippen molar-refractivity contribution >= 4 is 5.78 Å². The molecular weight excluding hydrogens is 155 g/mol. The minimum absolute atomic E-state index is 0.0916. The monoisotopic (exact) mass is 174 g/mol. The van der Waals surface area contributed by atoms with Gasteiger partial charge in [0.1, 0.15) is 5.78 Å². The second-order valence-corrected chi connectivity index (χ2v) is 3.89. The molecule has 0 aliphatic rings. The zero-order valence-electron chi connectivity index (χ0n) is 8.27. The number of carbonyl (C=O) groups excluding carboxylic acids is 1. The molecule has 0 radical (unpaired) electrons. The molecule has 12 heavy (non-hydrogen) atoms. The van der Waals surface area contributed by atoms with Gasteiger partial charge in [0.25, 0.3) is 0 Å². The highest BCUT2D eigenvalue weighted by molar-refractivity contribution is 5.75. The lowest BCUT2D eigenvalue weighted by Crippen LogP contribution is -2.08. The third-order valence-electron chi connectivity index (χ3n) is 1.93. The summed E-state index contributed by atoms with van der Waals surface area (Å²) in [4.78, 5) is 10.6. The van der Waals surface area contributed by atoms with Crippen LogP contribution in [0, 0.1) is 11.8 Å². The number of halogens is 1. The molecule has 2 heteroatoms. The van der Waals surface area contributed by atoms with Crippen LogP contribution in [0.3, 0.4) is 0 Å². The van der Waals surface area contributed by atoms with E-state index in [2.05, 4.69) is 13.8 Å². The summed E-state index contributed by atoms with van der Waals surface area (Å²) in [5.41, 5.74) is 0. The summed E-state index contributed by atoms with van der Waals surface area (Å²) in [5.74, 6) is 0.781. The zero-order valence-corrected chi connectivity index (χ0v) is 8.27. The van der Waals surface area contributed by atoms with Gasteiger partial charge in [-0.1, -0.05) is 13.8 Å². The first-order chi connectivity index (χ1) is 5.56.